The Labute approximate surface area is 193 Å². The van der Waals surface area contributed by atoms with Gasteiger partial charge in [-0.3, -0.25) is 9.89 Å². The molecule has 1 aromatic carbocycles. The second-order valence-corrected chi connectivity index (χ2v) is 8.01. The molecule has 0 saturated carbocycles. The molecule has 3 rings (SSSR count). The van der Waals surface area contributed by atoms with E-state index < -0.39 is 0 Å². The second kappa shape index (κ2) is 12.0. The highest BCUT2D eigenvalue weighted by Crippen LogP contribution is 2.25. The third kappa shape index (κ3) is 6.59. The van der Waals surface area contributed by atoms with Crippen molar-refractivity contribution in [2.45, 2.75) is 12.6 Å². The normalized spacial score (nSPS) is 16.3. The summed E-state index contributed by atoms with van der Waals surface area (Å²) in [6.45, 7) is 5.08. The van der Waals surface area contributed by atoms with Gasteiger partial charge in [0.2, 0.25) is 0 Å². The highest BCUT2D eigenvalue weighted by Gasteiger charge is 2.24. The first-order valence-corrected chi connectivity index (χ1v) is 10.4. The van der Waals surface area contributed by atoms with E-state index in [1.807, 2.05) is 32.3 Å². The number of thiophene rings is 1. The molecule has 1 atom stereocenters. The number of benzene rings is 1. The summed E-state index contributed by atoms with van der Waals surface area (Å²) in [5.41, 5.74) is 1.16. The predicted molar refractivity (Wildman–Crippen MR) is 129 cm³/mol. The van der Waals surface area contributed by atoms with Gasteiger partial charge in [0.1, 0.15) is 0 Å². The summed E-state index contributed by atoms with van der Waals surface area (Å²) < 4.78 is 5.53. The Morgan fingerprint density at radius 3 is 2.75 bits per heavy atom. The molecule has 1 aliphatic heterocycles. The zero-order chi connectivity index (χ0) is 19.1. The van der Waals surface area contributed by atoms with Crippen molar-refractivity contribution in [2.24, 2.45) is 4.99 Å². The number of nitrogens with zero attached hydrogens (tertiary/aromatic N) is 3. The average Bonchev–Trinajstić information content (AvgIpc) is 3.20. The standard InChI is InChI=1S/C20H27ClN4OS.HI/c1-22-20(24(2)15-16-5-3-6-17(21)13-16)23-14-18(19-7-4-12-27-19)25-8-10-26-11-9-25;/h3-7,12-13,18H,8-11,14-15H2,1-2H3,(H,22,23);1H. The van der Waals surface area contributed by atoms with Crippen LogP contribution in [0, 0.1) is 0 Å². The van der Waals surface area contributed by atoms with E-state index in [0.29, 0.717) is 6.04 Å². The minimum atomic E-state index is 0. The van der Waals surface area contributed by atoms with Crippen LogP contribution in [-0.2, 0) is 11.3 Å². The van der Waals surface area contributed by atoms with Crippen LogP contribution >= 0.6 is 46.9 Å². The summed E-state index contributed by atoms with van der Waals surface area (Å²) >= 11 is 7.91. The third-order valence-electron chi connectivity index (χ3n) is 4.69. The molecule has 0 aliphatic carbocycles. The van der Waals surface area contributed by atoms with Crippen molar-refractivity contribution in [2.75, 3.05) is 46.9 Å². The lowest BCUT2D eigenvalue weighted by atomic mass is 10.2. The van der Waals surface area contributed by atoms with Crippen molar-refractivity contribution in [1.29, 1.82) is 0 Å². The van der Waals surface area contributed by atoms with Crippen molar-refractivity contribution in [3.63, 3.8) is 0 Å². The molecule has 8 heteroatoms. The Bertz CT molecular complexity index is 738. The van der Waals surface area contributed by atoms with E-state index >= 15 is 0 Å². The molecule has 1 N–H and O–H groups in total. The van der Waals surface area contributed by atoms with Crippen molar-refractivity contribution < 1.29 is 4.74 Å². The van der Waals surface area contributed by atoms with Crippen LogP contribution in [0.4, 0.5) is 0 Å². The summed E-state index contributed by atoms with van der Waals surface area (Å²) in [5.74, 6) is 0.879. The number of guanidine groups is 1. The largest absolute Gasteiger partial charge is 0.379 e. The van der Waals surface area contributed by atoms with E-state index in [-0.39, 0.29) is 24.0 Å². The fraction of sp³-hybridized carbons (Fsp3) is 0.450. The Hall–Kier alpha value is -0.870. The number of halogens is 2. The lowest BCUT2D eigenvalue weighted by Crippen LogP contribution is -2.46. The molecule has 1 unspecified atom stereocenters. The van der Waals surface area contributed by atoms with Crippen LogP contribution in [0.15, 0.2) is 46.8 Å². The molecule has 0 amide bonds. The number of morpholine rings is 1. The van der Waals surface area contributed by atoms with Crippen LogP contribution in [0.3, 0.4) is 0 Å². The number of hydrogen-bond acceptors (Lipinski definition) is 4. The van der Waals surface area contributed by atoms with E-state index in [1.165, 1.54) is 4.88 Å². The molecule has 2 heterocycles. The van der Waals surface area contributed by atoms with E-state index in [4.69, 9.17) is 16.3 Å². The summed E-state index contributed by atoms with van der Waals surface area (Å²) in [7, 11) is 3.87. The molecule has 1 aromatic heterocycles. The van der Waals surface area contributed by atoms with E-state index in [9.17, 15) is 0 Å². The molecule has 0 radical (unpaired) electrons. The first kappa shape index (κ1) is 23.4. The smallest absolute Gasteiger partial charge is 0.193 e. The quantitative estimate of drug-likeness (QED) is 0.344. The van der Waals surface area contributed by atoms with E-state index in [0.717, 1.165) is 55.9 Å². The molecule has 0 bridgehead atoms. The minimum Gasteiger partial charge on any atom is -0.379 e. The van der Waals surface area contributed by atoms with Gasteiger partial charge in [0, 0.05) is 50.2 Å². The maximum atomic E-state index is 6.11. The number of nitrogens with one attached hydrogen (secondary N) is 1. The highest BCUT2D eigenvalue weighted by molar-refractivity contribution is 14.0. The number of aliphatic imine (C=N–C) groups is 1. The Balaban J connectivity index is 0.00000280. The predicted octanol–water partition coefficient (Wildman–Crippen LogP) is 4.10. The number of hydrogen-bond donors (Lipinski definition) is 1. The zero-order valence-corrected chi connectivity index (χ0v) is 20.2. The molecule has 2 aromatic rings. The number of ether oxygens (including phenoxy) is 1. The van der Waals surface area contributed by atoms with Gasteiger partial charge < -0.3 is 15.0 Å². The molecule has 5 nitrogen and oxygen atoms in total. The van der Waals surface area contributed by atoms with Crippen LogP contribution < -0.4 is 5.32 Å². The van der Waals surface area contributed by atoms with Crippen LogP contribution in [0.25, 0.3) is 0 Å². The average molecular weight is 535 g/mol. The molecule has 0 spiro atoms. The molecular formula is C20H28ClIN4OS. The summed E-state index contributed by atoms with van der Waals surface area (Å²) in [6.07, 6.45) is 0. The van der Waals surface area contributed by atoms with Crippen molar-refractivity contribution >= 4 is 52.9 Å². The van der Waals surface area contributed by atoms with Gasteiger partial charge in [-0.05, 0) is 29.1 Å². The van der Waals surface area contributed by atoms with Crippen LogP contribution in [-0.4, -0.2) is 62.7 Å². The molecule has 28 heavy (non-hydrogen) atoms. The Kier molecular flexibility index (Phi) is 10.0. The monoisotopic (exact) mass is 534 g/mol. The van der Waals surface area contributed by atoms with Crippen molar-refractivity contribution in [1.82, 2.24) is 15.1 Å². The zero-order valence-electron chi connectivity index (χ0n) is 16.3. The first-order valence-electron chi connectivity index (χ1n) is 9.19. The topological polar surface area (TPSA) is 40.1 Å². The maximum absolute atomic E-state index is 6.11. The molecule has 1 fully saturated rings. The lowest BCUT2D eigenvalue weighted by molar-refractivity contribution is 0.0176. The second-order valence-electron chi connectivity index (χ2n) is 6.59. The Morgan fingerprint density at radius 2 is 2.11 bits per heavy atom. The van der Waals surface area contributed by atoms with Gasteiger partial charge >= 0.3 is 0 Å². The Morgan fingerprint density at radius 1 is 1.32 bits per heavy atom. The highest BCUT2D eigenvalue weighted by atomic mass is 127. The maximum Gasteiger partial charge on any atom is 0.193 e. The van der Waals surface area contributed by atoms with Crippen LogP contribution in [0.2, 0.25) is 5.02 Å². The van der Waals surface area contributed by atoms with Gasteiger partial charge in [0.05, 0.1) is 19.3 Å². The van der Waals surface area contributed by atoms with Gasteiger partial charge in [-0.1, -0.05) is 29.8 Å². The first-order chi connectivity index (χ1) is 13.2. The lowest BCUT2D eigenvalue weighted by Gasteiger charge is -2.35. The van der Waals surface area contributed by atoms with Gasteiger partial charge in [0.15, 0.2) is 5.96 Å². The fourth-order valence-corrected chi connectivity index (χ4v) is 4.41. The third-order valence-corrected chi connectivity index (χ3v) is 5.90. The number of rotatable bonds is 6. The molecular weight excluding hydrogens is 507 g/mol. The van der Waals surface area contributed by atoms with Crippen LogP contribution in [0.5, 0.6) is 0 Å². The SMILES string of the molecule is CN=C(NCC(c1cccs1)N1CCOCC1)N(C)Cc1cccc(Cl)c1.I. The molecule has 1 aliphatic rings. The van der Waals surface area contributed by atoms with Gasteiger partial charge in [0.25, 0.3) is 0 Å². The summed E-state index contributed by atoms with van der Waals surface area (Å²) in [4.78, 5) is 10.5. The van der Waals surface area contributed by atoms with E-state index in [1.54, 1.807) is 11.3 Å². The van der Waals surface area contributed by atoms with E-state index in [2.05, 4.69) is 43.7 Å². The summed E-state index contributed by atoms with van der Waals surface area (Å²) in [6, 6.07) is 12.6. The van der Waals surface area contributed by atoms with Crippen LogP contribution in [0.1, 0.15) is 16.5 Å². The summed E-state index contributed by atoms with van der Waals surface area (Å²) in [5, 5.41) is 6.46. The van der Waals surface area contributed by atoms with Gasteiger partial charge in [-0.2, -0.15) is 0 Å². The van der Waals surface area contributed by atoms with Crippen molar-refractivity contribution in [3.8, 4) is 0 Å². The fourth-order valence-electron chi connectivity index (χ4n) is 3.34. The molecule has 1 saturated heterocycles. The van der Waals surface area contributed by atoms with Gasteiger partial charge in [-0.15, -0.1) is 35.3 Å². The van der Waals surface area contributed by atoms with Crippen molar-refractivity contribution in [3.05, 3.63) is 57.2 Å². The minimum absolute atomic E-state index is 0. The van der Waals surface area contributed by atoms with Gasteiger partial charge in [-0.25, -0.2) is 0 Å². The molecule has 154 valence electrons.